The lowest BCUT2D eigenvalue weighted by atomic mass is 9.97. The van der Waals surface area contributed by atoms with E-state index in [-0.39, 0.29) is 18.8 Å². The molecule has 0 bridgehead atoms. The molecule has 0 saturated carbocycles. The van der Waals surface area contributed by atoms with Crippen molar-refractivity contribution in [2.75, 3.05) is 0 Å². The van der Waals surface area contributed by atoms with E-state index in [0.717, 1.165) is 0 Å². The molecule has 10 heteroatoms. The fraction of sp³-hybridized carbons (Fsp3) is 0.733. The highest BCUT2D eigenvalue weighted by molar-refractivity contribution is 5.92. The molecule has 0 aromatic heterocycles. The van der Waals surface area contributed by atoms with Crippen molar-refractivity contribution in [2.24, 2.45) is 17.4 Å². The number of nitrogens with one attached hydrogen (secondary N) is 2. The number of hydrogen-bond donors (Lipinski definition) is 6. The van der Waals surface area contributed by atoms with Gasteiger partial charge >= 0.3 is 5.97 Å². The minimum atomic E-state index is -1.50. The molecule has 0 radical (unpaired) electrons. The molecule has 0 saturated heterocycles. The summed E-state index contributed by atoms with van der Waals surface area (Å²) in [7, 11) is 0. The Morgan fingerprint density at radius 2 is 1.56 bits per heavy atom. The van der Waals surface area contributed by atoms with Gasteiger partial charge in [-0.05, 0) is 19.3 Å². The second-order valence-corrected chi connectivity index (χ2v) is 6.05. The molecule has 0 rings (SSSR count). The summed E-state index contributed by atoms with van der Waals surface area (Å²) in [5.41, 5.74) is 10.7. The highest BCUT2D eigenvalue weighted by atomic mass is 16.4. The number of nitrogens with two attached hydrogens (primary N) is 2. The van der Waals surface area contributed by atoms with Crippen LogP contribution in [0.3, 0.4) is 0 Å². The summed E-state index contributed by atoms with van der Waals surface area (Å²) in [6.07, 6.45) is -0.826. The normalized spacial score (nSPS) is 16.8. The molecule has 144 valence electrons. The summed E-state index contributed by atoms with van der Waals surface area (Å²) in [5.74, 6) is -3.68. The minimum absolute atomic E-state index is 0.0292. The van der Waals surface area contributed by atoms with Crippen molar-refractivity contribution in [3.8, 4) is 0 Å². The van der Waals surface area contributed by atoms with Gasteiger partial charge in [0.25, 0.3) is 0 Å². The summed E-state index contributed by atoms with van der Waals surface area (Å²) < 4.78 is 0. The van der Waals surface area contributed by atoms with Crippen LogP contribution in [-0.2, 0) is 19.2 Å². The molecule has 8 N–H and O–H groups in total. The predicted octanol–water partition coefficient (Wildman–Crippen LogP) is -1.94. The third-order valence-electron chi connectivity index (χ3n) is 3.88. The molecule has 3 amide bonds. The number of carbonyl (C=O) groups is 4. The van der Waals surface area contributed by atoms with Crippen LogP contribution >= 0.6 is 0 Å². The van der Waals surface area contributed by atoms with Gasteiger partial charge in [-0.15, -0.1) is 0 Å². The van der Waals surface area contributed by atoms with Gasteiger partial charge in [0.05, 0.1) is 12.1 Å². The molecule has 0 aliphatic heterocycles. The fourth-order valence-electron chi connectivity index (χ4n) is 2.02. The third-order valence-corrected chi connectivity index (χ3v) is 3.88. The van der Waals surface area contributed by atoms with Crippen molar-refractivity contribution in [3.05, 3.63) is 0 Å². The molecule has 0 aromatic carbocycles. The standard InChI is InChI=1S/C15H28N4O6/c1-4-7(2)11(14(23)19-12(8(3)20)15(24)25)18-13(22)9(16)5-6-10(17)21/h7-9,11-12,20H,4-6,16H2,1-3H3,(H2,17,21)(H,18,22)(H,19,23)(H,24,25)/t7-,8+,9-,11-,12-/m0/s1. The van der Waals surface area contributed by atoms with Crippen LogP contribution in [-0.4, -0.2) is 58.1 Å². The quantitative estimate of drug-likeness (QED) is 0.247. The van der Waals surface area contributed by atoms with Gasteiger partial charge in [-0.1, -0.05) is 20.3 Å². The lowest BCUT2D eigenvalue weighted by molar-refractivity contribution is -0.145. The number of carboxylic acids is 1. The van der Waals surface area contributed by atoms with Gasteiger partial charge in [0, 0.05) is 6.42 Å². The van der Waals surface area contributed by atoms with Gasteiger partial charge in [0.15, 0.2) is 6.04 Å². The zero-order chi connectivity index (χ0) is 19.7. The zero-order valence-electron chi connectivity index (χ0n) is 14.7. The van der Waals surface area contributed by atoms with Crippen LogP contribution in [0.15, 0.2) is 0 Å². The van der Waals surface area contributed by atoms with Crippen molar-refractivity contribution in [2.45, 2.75) is 64.3 Å². The number of primary amides is 1. The summed E-state index contributed by atoms with van der Waals surface area (Å²) in [6, 6.07) is -3.56. The topological polar surface area (TPSA) is 185 Å². The minimum Gasteiger partial charge on any atom is -0.480 e. The fourth-order valence-corrected chi connectivity index (χ4v) is 2.02. The van der Waals surface area contributed by atoms with Gasteiger partial charge in [0.1, 0.15) is 6.04 Å². The molecule has 0 fully saturated rings. The van der Waals surface area contributed by atoms with E-state index in [1.807, 2.05) is 0 Å². The zero-order valence-corrected chi connectivity index (χ0v) is 14.7. The van der Waals surface area contributed by atoms with Gasteiger partial charge in [-0.25, -0.2) is 4.79 Å². The van der Waals surface area contributed by atoms with Crippen LogP contribution in [0.5, 0.6) is 0 Å². The SMILES string of the molecule is CC[C@H](C)[C@H](NC(=O)[C@@H](N)CCC(N)=O)C(=O)N[C@H](C(=O)O)[C@@H](C)O. The summed E-state index contributed by atoms with van der Waals surface area (Å²) in [5, 5.41) is 23.2. The first-order valence-electron chi connectivity index (χ1n) is 8.06. The van der Waals surface area contributed by atoms with Crippen LogP contribution in [0.1, 0.15) is 40.0 Å². The van der Waals surface area contributed by atoms with Crippen LogP contribution in [0.2, 0.25) is 0 Å². The summed E-state index contributed by atoms with van der Waals surface area (Å²) in [4.78, 5) is 46.3. The number of aliphatic hydroxyl groups is 1. The smallest absolute Gasteiger partial charge is 0.328 e. The largest absolute Gasteiger partial charge is 0.480 e. The maximum absolute atomic E-state index is 12.4. The lowest BCUT2D eigenvalue weighted by Crippen LogP contribution is -2.58. The number of amides is 3. The number of aliphatic carboxylic acids is 1. The van der Waals surface area contributed by atoms with Crippen LogP contribution in [0, 0.1) is 5.92 Å². The van der Waals surface area contributed by atoms with E-state index in [1.165, 1.54) is 6.92 Å². The average molecular weight is 360 g/mol. The van der Waals surface area contributed by atoms with E-state index in [0.29, 0.717) is 6.42 Å². The van der Waals surface area contributed by atoms with E-state index >= 15 is 0 Å². The van der Waals surface area contributed by atoms with Gasteiger partial charge < -0.3 is 32.3 Å². The predicted molar refractivity (Wildman–Crippen MR) is 89.0 cm³/mol. The van der Waals surface area contributed by atoms with E-state index in [9.17, 15) is 24.3 Å². The van der Waals surface area contributed by atoms with Crippen molar-refractivity contribution >= 4 is 23.7 Å². The first-order chi connectivity index (χ1) is 11.5. The Morgan fingerprint density at radius 1 is 1.04 bits per heavy atom. The Balaban J connectivity index is 5.05. The van der Waals surface area contributed by atoms with Crippen LogP contribution in [0.4, 0.5) is 0 Å². The summed E-state index contributed by atoms with van der Waals surface area (Å²) >= 11 is 0. The molecule has 0 aromatic rings. The lowest BCUT2D eigenvalue weighted by Gasteiger charge is -2.27. The first-order valence-corrected chi connectivity index (χ1v) is 8.06. The highest BCUT2D eigenvalue weighted by Crippen LogP contribution is 2.10. The monoisotopic (exact) mass is 360 g/mol. The van der Waals surface area contributed by atoms with Crippen LogP contribution < -0.4 is 22.1 Å². The second-order valence-electron chi connectivity index (χ2n) is 6.05. The first kappa shape index (κ1) is 22.8. The molecule has 25 heavy (non-hydrogen) atoms. The molecule has 5 atom stereocenters. The van der Waals surface area contributed by atoms with Crippen LogP contribution in [0.25, 0.3) is 0 Å². The van der Waals surface area contributed by atoms with Gasteiger partial charge in [0.2, 0.25) is 17.7 Å². The Kier molecular flexibility index (Phi) is 9.69. The number of carbonyl (C=O) groups excluding carboxylic acids is 3. The van der Waals surface area contributed by atoms with Gasteiger partial charge in [-0.3, -0.25) is 14.4 Å². The van der Waals surface area contributed by atoms with Gasteiger partial charge in [-0.2, -0.15) is 0 Å². The molecule has 0 unspecified atom stereocenters. The van der Waals surface area contributed by atoms with Crippen molar-refractivity contribution in [3.63, 3.8) is 0 Å². The Morgan fingerprint density at radius 3 is 1.96 bits per heavy atom. The molecular formula is C15H28N4O6. The Bertz CT molecular complexity index is 496. The van der Waals surface area contributed by atoms with Crippen molar-refractivity contribution in [1.82, 2.24) is 10.6 Å². The van der Waals surface area contributed by atoms with Crippen molar-refractivity contribution in [1.29, 1.82) is 0 Å². The molecule has 10 nitrogen and oxygen atoms in total. The number of aliphatic hydroxyl groups excluding tert-OH is 1. The van der Waals surface area contributed by atoms with E-state index in [2.05, 4.69) is 10.6 Å². The molecular weight excluding hydrogens is 332 g/mol. The average Bonchev–Trinajstić information content (AvgIpc) is 2.53. The highest BCUT2D eigenvalue weighted by Gasteiger charge is 2.32. The molecule has 0 spiro atoms. The maximum Gasteiger partial charge on any atom is 0.328 e. The Hall–Kier alpha value is -2.20. The van der Waals surface area contributed by atoms with E-state index in [1.54, 1.807) is 13.8 Å². The second kappa shape index (κ2) is 10.6. The molecule has 0 aliphatic rings. The summed E-state index contributed by atoms with van der Waals surface area (Å²) in [6.45, 7) is 4.74. The van der Waals surface area contributed by atoms with E-state index < -0.39 is 47.9 Å². The number of hydrogen-bond acceptors (Lipinski definition) is 6. The number of carboxylic acid groups (broad SMARTS) is 1. The third kappa shape index (κ3) is 7.94. The maximum atomic E-state index is 12.4. The van der Waals surface area contributed by atoms with Crippen molar-refractivity contribution < 1.29 is 29.4 Å². The number of rotatable bonds is 11. The molecule has 0 heterocycles. The van der Waals surface area contributed by atoms with E-state index in [4.69, 9.17) is 16.6 Å². The Labute approximate surface area is 146 Å². The molecule has 0 aliphatic carbocycles.